The number of hydrogen-bond acceptors (Lipinski definition) is 10. The van der Waals surface area contributed by atoms with Gasteiger partial charge in [-0.05, 0) is 80.8 Å². The number of nitrogens with two attached hydrogens (primary N) is 1. The number of pyridine rings is 1. The fourth-order valence-electron chi connectivity index (χ4n) is 9.05. The molecule has 2 aliphatic heterocycles. The Hall–Kier alpha value is -5.19. The van der Waals surface area contributed by atoms with Gasteiger partial charge in [0.15, 0.2) is 0 Å². The highest BCUT2D eigenvalue weighted by molar-refractivity contribution is 6.31. The Morgan fingerprint density at radius 3 is 2.26 bits per heavy atom. The Bertz CT molecular complexity index is 1970. The van der Waals surface area contributed by atoms with Crippen molar-refractivity contribution in [2.75, 3.05) is 50.8 Å². The number of ether oxygens (including phenoxy) is 2. The third-order valence-electron chi connectivity index (χ3n) is 11.6. The molecule has 0 bridgehead atoms. The SMILES string of the molecule is CC1(C)C(Oc2ccc(C#N)c(Cl)c2)C(C)(C)C1N(CC1CCC(=O)NC1=O)C(=O)c1ccc(OCCCCCN2CCN(c3ccc(C(N)=O)cn3)CC2)cc1. The number of primary amides is 1. The van der Waals surface area contributed by atoms with Crippen LogP contribution in [0.5, 0.6) is 11.5 Å². The van der Waals surface area contributed by atoms with Crippen LogP contribution < -0.4 is 25.4 Å². The molecular formula is C43H52ClN7O6. The molecular weight excluding hydrogens is 746 g/mol. The molecule has 0 spiro atoms. The summed E-state index contributed by atoms with van der Waals surface area (Å²) in [4.78, 5) is 61.6. The van der Waals surface area contributed by atoms with Crippen molar-refractivity contribution in [1.82, 2.24) is 20.1 Å². The lowest BCUT2D eigenvalue weighted by molar-refractivity contribution is -0.201. The molecule has 2 aromatic carbocycles. The first kappa shape index (κ1) is 41.4. The summed E-state index contributed by atoms with van der Waals surface area (Å²) >= 11 is 6.31. The molecule has 13 nitrogen and oxygen atoms in total. The van der Waals surface area contributed by atoms with Crippen molar-refractivity contribution in [3.63, 3.8) is 0 Å². The Morgan fingerprint density at radius 2 is 1.65 bits per heavy atom. The van der Waals surface area contributed by atoms with Gasteiger partial charge in [0, 0.05) is 73.8 Å². The third kappa shape index (κ3) is 9.35. The van der Waals surface area contributed by atoms with Gasteiger partial charge < -0.3 is 25.0 Å². The topological polar surface area (TPSA) is 171 Å². The first-order valence-electron chi connectivity index (χ1n) is 19.7. The molecule has 3 heterocycles. The minimum Gasteiger partial charge on any atom is -0.494 e. The molecule has 3 fully saturated rings. The predicted molar refractivity (Wildman–Crippen MR) is 216 cm³/mol. The highest BCUT2D eigenvalue weighted by Crippen LogP contribution is 2.58. The van der Waals surface area contributed by atoms with Crippen LogP contribution in [0.3, 0.4) is 0 Å². The van der Waals surface area contributed by atoms with Gasteiger partial charge in [-0.3, -0.25) is 29.4 Å². The minimum atomic E-state index is -0.545. The highest BCUT2D eigenvalue weighted by atomic mass is 35.5. The number of hydrogen-bond donors (Lipinski definition) is 2. The van der Waals surface area contributed by atoms with E-state index in [4.69, 9.17) is 26.8 Å². The Balaban J connectivity index is 1.02. The van der Waals surface area contributed by atoms with Crippen molar-refractivity contribution in [2.24, 2.45) is 22.5 Å². The largest absolute Gasteiger partial charge is 0.494 e. The van der Waals surface area contributed by atoms with Crippen LogP contribution >= 0.6 is 11.6 Å². The summed E-state index contributed by atoms with van der Waals surface area (Å²) in [5, 5.41) is 12.1. The van der Waals surface area contributed by atoms with E-state index in [0.29, 0.717) is 46.2 Å². The molecule has 302 valence electrons. The molecule has 2 saturated heterocycles. The van der Waals surface area contributed by atoms with Crippen LogP contribution in [0.1, 0.15) is 86.1 Å². The summed E-state index contributed by atoms with van der Waals surface area (Å²) in [5.74, 6) is 0.172. The van der Waals surface area contributed by atoms with Gasteiger partial charge in [0.25, 0.3) is 5.91 Å². The zero-order chi connectivity index (χ0) is 40.9. The Morgan fingerprint density at radius 1 is 0.965 bits per heavy atom. The minimum absolute atomic E-state index is 0.155. The second-order valence-electron chi connectivity index (χ2n) is 16.4. The van der Waals surface area contributed by atoms with E-state index in [1.807, 2.05) is 45.9 Å². The lowest BCUT2D eigenvalue weighted by Gasteiger charge is -2.66. The number of nitrogens with one attached hydrogen (secondary N) is 1. The van der Waals surface area contributed by atoms with Crippen molar-refractivity contribution < 1.29 is 28.7 Å². The van der Waals surface area contributed by atoms with Crippen LogP contribution in [0.2, 0.25) is 5.02 Å². The molecule has 57 heavy (non-hydrogen) atoms. The number of piperidine rings is 1. The molecule has 0 radical (unpaired) electrons. The van der Waals surface area contributed by atoms with Gasteiger partial charge >= 0.3 is 0 Å². The summed E-state index contributed by atoms with van der Waals surface area (Å²) in [6, 6.07) is 17.4. The lowest BCUT2D eigenvalue weighted by Crippen LogP contribution is -2.75. The second kappa shape index (κ2) is 17.5. The molecule has 6 rings (SSSR count). The van der Waals surface area contributed by atoms with Crippen LogP contribution in [0.15, 0.2) is 60.8 Å². The van der Waals surface area contributed by atoms with Gasteiger partial charge in [-0.2, -0.15) is 5.26 Å². The maximum Gasteiger partial charge on any atom is 0.254 e. The van der Waals surface area contributed by atoms with E-state index in [1.165, 1.54) is 6.20 Å². The second-order valence-corrected chi connectivity index (χ2v) is 16.8. The molecule has 3 aliphatic rings. The number of rotatable bonds is 15. The summed E-state index contributed by atoms with van der Waals surface area (Å²) in [6.45, 7) is 13.6. The lowest BCUT2D eigenvalue weighted by atomic mass is 9.48. The molecule has 3 aromatic rings. The number of benzene rings is 2. The molecule has 1 aromatic heterocycles. The van der Waals surface area contributed by atoms with E-state index in [0.717, 1.165) is 57.8 Å². The van der Waals surface area contributed by atoms with Crippen LogP contribution in [0.4, 0.5) is 5.82 Å². The van der Waals surface area contributed by atoms with E-state index >= 15 is 0 Å². The summed E-state index contributed by atoms with van der Waals surface area (Å²) < 4.78 is 12.6. The number of anilines is 1. The fourth-order valence-corrected chi connectivity index (χ4v) is 9.26. The number of nitriles is 1. The molecule has 1 unspecified atom stereocenters. The Labute approximate surface area is 339 Å². The molecule has 4 amide bonds. The molecule has 3 N–H and O–H groups in total. The number of imide groups is 1. The normalized spacial score (nSPS) is 21.5. The standard InChI is InChI=1S/C43H52ClN7O6/c1-42(2)40(43(3,4)41(42)57-33-15-10-29(25-45)34(44)24-33)51(27-31-12-17-36(52)48-38(31)54)39(55)28-8-13-32(14-9-28)56-23-7-5-6-18-49-19-21-50(22-20-49)35-16-11-30(26-47-35)37(46)53/h8-11,13-16,24,26,31,40-41H,5-7,12,17-23,27H2,1-4H3,(H2,46,53)(H,48,52,54). The number of carbonyl (C=O) groups excluding carboxylic acids is 4. The molecule has 1 saturated carbocycles. The van der Waals surface area contributed by atoms with Crippen molar-refractivity contribution in [1.29, 1.82) is 5.26 Å². The third-order valence-corrected chi connectivity index (χ3v) is 11.9. The Kier molecular flexibility index (Phi) is 12.7. The number of unbranched alkanes of at least 4 members (excludes halogenated alkanes) is 2. The van der Waals surface area contributed by atoms with Crippen molar-refractivity contribution in [3.05, 3.63) is 82.5 Å². The van der Waals surface area contributed by atoms with Crippen molar-refractivity contribution >= 4 is 41.0 Å². The van der Waals surface area contributed by atoms with E-state index in [-0.39, 0.29) is 42.8 Å². The van der Waals surface area contributed by atoms with Crippen molar-refractivity contribution in [2.45, 2.75) is 71.9 Å². The predicted octanol–water partition coefficient (Wildman–Crippen LogP) is 5.45. The first-order valence-corrected chi connectivity index (χ1v) is 20.0. The van der Waals surface area contributed by atoms with E-state index in [9.17, 15) is 24.4 Å². The number of halogens is 1. The van der Waals surface area contributed by atoms with E-state index < -0.39 is 22.7 Å². The maximum atomic E-state index is 14.5. The molecule has 14 heteroatoms. The average Bonchev–Trinajstić information content (AvgIpc) is 3.19. The van der Waals surface area contributed by atoms with Gasteiger partial charge in [-0.25, -0.2) is 4.98 Å². The van der Waals surface area contributed by atoms with Crippen LogP contribution in [-0.2, 0) is 9.59 Å². The van der Waals surface area contributed by atoms with Gasteiger partial charge in [0.2, 0.25) is 17.7 Å². The van der Waals surface area contributed by atoms with E-state index in [1.54, 1.807) is 41.3 Å². The number of aromatic nitrogens is 1. The average molecular weight is 798 g/mol. The zero-order valence-corrected chi connectivity index (χ0v) is 33.9. The smallest absolute Gasteiger partial charge is 0.254 e. The van der Waals surface area contributed by atoms with Gasteiger partial charge in [0.05, 0.1) is 28.7 Å². The van der Waals surface area contributed by atoms with Gasteiger partial charge in [-0.1, -0.05) is 39.3 Å². The zero-order valence-electron chi connectivity index (χ0n) is 33.1. The first-order chi connectivity index (χ1) is 27.2. The fraction of sp³-hybridized carbons (Fsp3) is 0.488. The number of nitrogens with zero attached hydrogens (tertiary/aromatic N) is 5. The van der Waals surface area contributed by atoms with Gasteiger partial charge in [-0.15, -0.1) is 0 Å². The maximum absolute atomic E-state index is 14.5. The number of carbonyl (C=O) groups is 4. The van der Waals surface area contributed by atoms with Crippen LogP contribution in [-0.4, -0.2) is 96.4 Å². The van der Waals surface area contributed by atoms with Crippen molar-refractivity contribution in [3.8, 4) is 17.6 Å². The summed E-state index contributed by atoms with van der Waals surface area (Å²) in [5.41, 5.74) is 5.48. The summed E-state index contributed by atoms with van der Waals surface area (Å²) in [7, 11) is 0. The summed E-state index contributed by atoms with van der Waals surface area (Å²) in [6.07, 6.45) is 4.78. The van der Waals surface area contributed by atoms with E-state index in [2.05, 4.69) is 26.2 Å². The quantitative estimate of drug-likeness (QED) is 0.149. The van der Waals surface area contributed by atoms with Gasteiger partial charge in [0.1, 0.15) is 29.5 Å². The van der Waals surface area contributed by atoms with Crippen LogP contribution in [0.25, 0.3) is 0 Å². The molecule has 1 aliphatic carbocycles. The number of amides is 4. The van der Waals surface area contributed by atoms with Crippen LogP contribution in [0, 0.1) is 28.1 Å². The number of piperazine rings is 1. The highest BCUT2D eigenvalue weighted by Gasteiger charge is 2.66. The molecule has 1 atom stereocenters. The monoisotopic (exact) mass is 797 g/mol.